The smallest absolute Gasteiger partial charge is 0.329 e. The Balaban J connectivity index is 1.48. The van der Waals surface area contributed by atoms with E-state index in [4.69, 9.17) is 44.3 Å². The van der Waals surface area contributed by atoms with E-state index < -0.39 is 63.1 Å². The van der Waals surface area contributed by atoms with E-state index in [9.17, 15) is 37.7 Å². The maximum Gasteiger partial charge on any atom is 0.329 e. The second-order valence-electron chi connectivity index (χ2n) is 9.23. The van der Waals surface area contributed by atoms with Gasteiger partial charge in [-0.05, 0) is 48.9 Å². The minimum Gasteiger partial charge on any atom is -0.456 e. The first-order valence-corrected chi connectivity index (χ1v) is 15.3. The number of carbonyl (C=O) groups excluding carboxylic acids is 4. The van der Waals surface area contributed by atoms with Gasteiger partial charge in [0.25, 0.3) is 11.8 Å². The molecule has 0 aliphatic carbocycles. The van der Waals surface area contributed by atoms with Crippen LogP contribution in [0.15, 0.2) is 54.6 Å². The summed E-state index contributed by atoms with van der Waals surface area (Å²) in [6.45, 7) is -0.814. The molecular weight excluding hydrogens is 651 g/mol. The van der Waals surface area contributed by atoms with E-state index >= 15 is 0 Å². The summed E-state index contributed by atoms with van der Waals surface area (Å²) in [6.07, 6.45) is 0.428. The number of fused-ring (bicyclic) bond motifs is 1. The molecule has 224 valence electrons. The van der Waals surface area contributed by atoms with Gasteiger partial charge in [-0.1, -0.05) is 40.9 Å². The molecule has 0 aromatic heterocycles. The number of nitro groups is 1. The van der Waals surface area contributed by atoms with E-state index in [1.165, 1.54) is 54.6 Å². The van der Waals surface area contributed by atoms with Crippen molar-refractivity contribution < 1.29 is 42.0 Å². The topological polar surface area (TPSA) is 167 Å². The number of Topliss-reactive ketones (excluding diaryl/α,β-unsaturated/α-hetero) is 1. The second kappa shape index (κ2) is 12.7. The van der Waals surface area contributed by atoms with E-state index in [0.29, 0.717) is 4.90 Å². The fourth-order valence-corrected chi connectivity index (χ4v) is 5.29. The molecule has 43 heavy (non-hydrogen) atoms. The van der Waals surface area contributed by atoms with Crippen molar-refractivity contribution in [3.63, 3.8) is 0 Å². The first-order chi connectivity index (χ1) is 20.2. The number of amides is 2. The summed E-state index contributed by atoms with van der Waals surface area (Å²) in [5.41, 5.74) is -0.560. The minimum absolute atomic E-state index is 0.00375. The summed E-state index contributed by atoms with van der Waals surface area (Å²) in [4.78, 5) is 63.1. The van der Waals surface area contributed by atoms with Gasteiger partial charge in [0.2, 0.25) is 5.75 Å². The lowest BCUT2D eigenvalue weighted by Crippen LogP contribution is -2.46. The van der Waals surface area contributed by atoms with Gasteiger partial charge in [-0.25, -0.2) is 13.2 Å². The largest absolute Gasteiger partial charge is 0.456 e. The normalized spacial score (nSPS) is 13.4. The molecule has 0 radical (unpaired) electrons. The van der Waals surface area contributed by atoms with Gasteiger partial charge in [0, 0.05) is 17.9 Å². The number of ether oxygens (including phenoxy) is 2. The van der Waals surface area contributed by atoms with Crippen molar-refractivity contribution in [1.82, 2.24) is 4.90 Å². The number of carbonyl (C=O) groups is 4. The van der Waals surface area contributed by atoms with Gasteiger partial charge in [-0.2, -0.15) is 0 Å². The predicted octanol–water partition coefficient (Wildman–Crippen LogP) is 5.17. The standard InChI is InChI=1S/C27H19Cl3N2O10S/c1-43(39,40)10-9-22(31-25(34)16-11-19(29)20(30)12-17(16)26(31)35)27(36)41-13-23(33)14-5-7-15(8-6-14)42-24-18(28)3-2-4-21(24)32(37)38/h2-8,11-12,22H,9-10,13H2,1H3/t22-/m1/s1. The molecule has 4 rings (SSSR count). The van der Waals surface area contributed by atoms with Crippen molar-refractivity contribution >= 4 is 73.9 Å². The Kier molecular flexibility index (Phi) is 9.40. The van der Waals surface area contributed by atoms with Gasteiger partial charge in [-0.3, -0.25) is 29.4 Å². The summed E-state index contributed by atoms with van der Waals surface area (Å²) < 4.78 is 34.3. The van der Waals surface area contributed by atoms with Crippen molar-refractivity contribution in [2.24, 2.45) is 0 Å². The van der Waals surface area contributed by atoms with Crippen molar-refractivity contribution in [1.29, 1.82) is 0 Å². The van der Waals surface area contributed by atoms with Crippen LogP contribution in [0.2, 0.25) is 15.1 Å². The number of hydrogen-bond donors (Lipinski definition) is 0. The van der Waals surface area contributed by atoms with Gasteiger partial charge in [0.1, 0.15) is 21.6 Å². The van der Waals surface area contributed by atoms with E-state index in [1.54, 1.807) is 0 Å². The number of esters is 1. The molecule has 1 heterocycles. The maximum absolute atomic E-state index is 13.1. The third kappa shape index (κ3) is 7.13. The highest BCUT2D eigenvalue weighted by molar-refractivity contribution is 7.90. The zero-order valence-electron chi connectivity index (χ0n) is 21.9. The van der Waals surface area contributed by atoms with Crippen molar-refractivity contribution in [3.05, 3.63) is 96.5 Å². The van der Waals surface area contributed by atoms with Gasteiger partial charge >= 0.3 is 11.7 Å². The van der Waals surface area contributed by atoms with Gasteiger partial charge in [-0.15, -0.1) is 0 Å². The molecule has 16 heteroatoms. The summed E-state index contributed by atoms with van der Waals surface area (Å²) in [5.74, 6) is -4.33. The first kappa shape index (κ1) is 31.9. The molecule has 1 aliphatic heterocycles. The SMILES string of the molecule is CS(=O)(=O)CC[C@H](C(=O)OCC(=O)c1ccc(Oc2c(Cl)cccc2[N+](=O)[O-])cc1)N1C(=O)c2cc(Cl)c(Cl)cc2C1=O. The summed E-state index contributed by atoms with van der Waals surface area (Å²) >= 11 is 18.0. The number of nitrogens with zero attached hydrogens (tertiary/aromatic N) is 2. The molecule has 0 fully saturated rings. The Hall–Kier alpha value is -4.04. The van der Waals surface area contributed by atoms with E-state index in [1.807, 2.05) is 0 Å². The zero-order chi connectivity index (χ0) is 31.6. The highest BCUT2D eigenvalue weighted by Gasteiger charge is 2.44. The van der Waals surface area contributed by atoms with E-state index in [2.05, 4.69) is 0 Å². The molecule has 12 nitrogen and oxygen atoms in total. The van der Waals surface area contributed by atoms with Crippen molar-refractivity contribution in [3.8, 4) is 11.5 Å². The molecule has 0 saturated heterocycles. The molecular formula is C27H19Cl3N2O10S. The lowest BCUT2D eigenvalue weighted by molar-refractivity contribution is -0.385. The predicted molar refractivity (Wildman–Crippen MR) is 155 cm³/mol. The van der Waals surface area contributed by atoms with Gasteiger partial charge in [0.15, 0.2) is 12.4 Å². The van der Waals surface area contributed by atoms with E-state index in [-0.39, 0.29) is 48.9 Å². The summed E-state index contributed by atoms with van der Waals surface area (Å²) in [5, 5.41) is 11.3. The average Bonchev–Trinajstić information content (AvgIpc) is 3.17. The number of benzene rings is 3. The van der Waals surface area contributed by atoms with Crippen LogP contribution in [0, 0.1) is 10.1 Å². The highest BCUT2D eigenvalue weighted by Crippen LogP contribution is 2.38. The van der Waals surface area contributed by atoms with Crippen LogP contribution >= 0.6 is 34.8 Å². The van der Waals surface area contributed by atoms with Crippen LogP contribution in [0.25, 0.3) is 0 Å². The number of imide groups is 1. The van der Waals surface area contributed by atoms with Gasteiger partial charge < -0.3 is 9.47 Å². The first-order valence-electron chi connectivity index (χ1n) is 12.1. The van der Waals surface area contributed by atoms with Crippen LogP contribution < -0.4 is 4.74 Å². The molecule has 3 aromatic carbocycles. The van der Waals surface area contributed by atoms with Gasteiger partial charge in [0.05, 0.1) is 36.9 Å². The lowest BCUT2D eigenvalue weighted by atomic mass is 10.1. The Morgan fingerprint density at radius 3 is 2.07 bits per heavy atom. The Morgan fingerprint density at radius 1 is 0.953 bits per heavy atom. The third-order valence-electron chi connectivity index (χ3n) is 6.19. The number of rotatable bonds is 11. The number of sulfone groups is 1. The number of hydrogen-bond acceptors (Lipinski definition) is 10. The molecule has 0 spiro atoms. The van der Waals surface area contributed by atoms with Crippen LogP contribution in [0.5, 0.6) is 11.5 Å². The summed E-state index contributed by atoms with van der Waals surface area (Å²) in [6, 6.07) is 9.97. The van der Waals surface area contributed by atoms with E-state index in [0.717, 1.165) is 6.26 Å². The molecule has 3 aromatic rings. The second-order valence-corrected chi connectivity index (χ2v) is 12.7. The summed E-state index contributed by atoms with van der Waals surface area (Å²) in [7, 11) is -3.63. The lowest BCUT2D eigenvalue weighted by Gasteiger charge is -2.24. The van der Waals surface area contributed by atoms with Crippen molar-refractivity contribution in [2.45, 2.75) is 12.5 Å². The quantitative estimate of drug-likeness (QED) is 0.0873. The number of nitro benzene ring substituents is 1. The van der Waals surface area contributed by atoms with Crippen LogP contribution in [0.4, 0.5) is 5.69 Å². The molecule has 2 amide bonds. The zero-order valence-corrected chi connectivity index (χ0v) is 25.0. The third-order valence-corrected chi connectivity index (χ3v) is 8.19. The molecule has 1 atom stereocenters. The Morgan fingerprint density at radius 2 is 1.53 bits per heavy atom. The van der Waals surface area contributed by atoms with Crippen LogP contribution in [-0.2, 0) is 19.4 Å². The maximum atomic E-state index is 13.1. The number of halogens is 3. The highest BCUT2D eigenvalue weighted by atomic mass is 35.5. The molecule has 0 N–H and O–H groups in total. The Labute approximate surface area is 259 Å². The van der Waals surface area contributed by atoms with Crippen LogP contribution in [-0.4, -0.2) is 66.5 Å². The molecule has 0 bridgehead atoms. The van der Waals surface area contributed by atoms with Crippen LogP contribution in [0.3, 0.4) is 0 Å². The minimum atomic E-state index is -3.63. The average molecular weight is 670 g/mol. The van der Waals surface area contributed by atoms with Crippen LogP contribution in [0.1, 0.15) is 37.5 Å². The molecule has 0 unspecified atom stereocenters. The monoisotopic (exact) mass is 668 g/mol. The molecule has 0 saturated carbocycles. The number of ketones is 1. The Bertz CT molecular complexity index is 1740. The fraction of sp³-hybridized carbons (Fsp3) is 0.185. The number of para-hydroxylation sites is 1. The molecule has 1 aliphatic rings. The van der Waals surface area contributed by atoms with Crippen molar-refractivity contribution in [2.75, 3.05) is 18.6 Å². The fourth-order valence-electron chi connectivity index (χ4n) is 4.10.